The van der Waals surface area contributed by atoms with Crippen LogP contribution in [0.1, 0.15) is 71.0 Å². The van der Waals surface area contributed by atoms with Crippen LogP contribution in [-0.4, -0.2) is 57.5 Å². The minimum Gasteiger partial charge on any atom is -0.473 e. The van der Waals surface area contributed by atoms with Crippen molar-refractivity contribution in [3.63, 3.8) is 0 Å². The van der Waals surface area contributed by atoms with Crippen molar-refractivity contribution in [1.29, 1.82) is 0 Å². The van der Waals surface area contributed by atoms with Gasteiger partial charge in [0.05, 0.1) is 30.2 Å². The van der Waals surface area contributed by atoms with Crippen molar-refractivity contribution in [1.82, 2.24) is 19.4 Å². The van der Waals surface area contributed by atoms with Gasteiger partial charge in [0.2, 0.25) is 5.88 Å². The third-order valence-corrected chi connectivity index (χ3v) is 9.26. The Morgan fingerprint density at radius 2 is 1.89 bits per heavy atom. The molecule has 0 amide bonds. The molecule has 4 heterocycles. The molecule has 0 bridgehead atoms. The van der Waals surface area contributed by atoms with Gasteiger partial charge in [0.1, 0.15) is 24.0 Å². The molecule has 0 N–H and O–H groups in total. The van der Waals surface area contributed by atoms with Crippen LogP contribution in [0, 0.1) is 18.7 Å². The first kappa shape index (κ1) is 29.6. The molecule has 0 spiro atoms. The van der Waals surface area contributed by atoms with Gasteiger partial charge in [-0.3, -0.25) is 14.5 Å². The van der Waals surface area contributed by atoms with E-state index in [-0.39, 0.29) is 24.4 Å². The van der Waals surface area contributed by atoms with Crippen LogP contribution in [-0.2, 0) is 29.2 Å². The van der Waals surface area contributed by atoms with Crippen LogP contribution in [0.5, 0.6) is 11.6 Å². The number of fused-ring (bicyclic) bond motifs is 1. The number of rotatable bonds is 12. The summed E-state index contributed by atoms with van der Waals surface area (Å²) in [4.78, 5) is 35.5. The number of halogens is 1. The first-order chi connectivity index (χ1) is 21.9. The molecule has 7 rings (SSSR count). The van der Waals surface area contributed by atoms with Crippen LogP contribution < -0.4 is 9.47 Å². The van der Waals surface area contributed by atoms with Crippen LogP contribution in [0.3, 0.4) is 0 Å². The van der Waals surface area contributed by atoms with E-state index in [1.54, 1.807) is 18.2 Å². The van der Waals surface area contributed by atoms with Crippen molar-refractivity contribution >= 4 is 23.3 Å². The number of piperidine rings is 1. The lowest BCUT2D eigenvalue weighted by atomic mass is 9.93. The summed E-state index contributed by atoms with van der Waals surface area (Å²) in [6, 6.07) is 14.4. The standard InChI is InChI=1S/C35H37FN4O5/c1-22-15-25(29(36)17-28(22)35(42)24-5-6-24)20-44-34-4-2-3-30(38-34)23-9-12-39(13-10-23)19-33-37-31-8-7-26(45-21-41)16-32(31)40(33)18-27-11-14-43-27/h2-4,7-8,15-17,21,23-24,27H,5-6,9-14,18-20H2,1H3/t27-/m0/s1. The Kier molecular flexibility index (Phi) is 8.33. The monoisotopic (exact) mass is 612 g/mol. The summed E-state index contributed by atoms with van der Waals surface area (Å²) in [6.45, 7) is 6.36. The minimum absolute atomic E-state index is 0.0426. The fourth-order valence-corrected chi connectivity index (χ4v) is 6.40. The predicted octanol–water partition coefficient (Wildman–Crippen LogP) is 5.75. The number of hydrogen-bond acceptors (Lipinski definition) is 8. The Labute approximate surface area is 261 Å². The third-order valence-electron chi connectivity index (χ3n) is 9.26. The number of aryl methyl sites for hydroxylation is 1. The molecule has 4 aromatic rings. The van der Waals surface area contributed by atoms with Gasteiger partial charge >= 0.3 is 0 Å². The van der Waals surface area contributed by atoms with E-state index < -0.39 is 5.82 Å². The van der Waals surface area contributed by atoms with Crippen molar-refractivity contribution in [3.05, 3.63) is 82.6 Å². The molecule has 2 aliphatic heterocycles. The van der Waals surface area contributed by atoms with Gasteiger partial charge in [-0.1, -0.05) is 6.07 Å². The molecule has 2 aromatic carbocycles. The van der Waals surface area contributed by atoms with Crippen LogP contribution in [0.15, 0.2) is 48.5 Å². The molecule has 3 fully saturated rings. The average Bonchev–Trinajstić information content (AvgIpc) is 3.82. The molecule has 0 unspecified atom stereocenters. The van der Waals surface area contributed by atoms with E-state index in [1.165, 1.54) is 6.07 Å². The molecule has 10 heteroatoms. The topological polar surface area (TPSA) is 95.8 Å². The number of carbonyl (C=O) groups excluding carboxylic acids is 2. The Morgan fingerprint density at radius 3 is 2.62 bits per heavy atom. The van der Waals surface area contributed by atoms with Gasteiger partial charge in [-0.25, -0.2) is 14.4 Å². The minimum atomic E-state index is -0.420. The second kappa shape index (κ2) is 12.7. The lowest BCUT2D eigenvalue weighted by Gasteiger charge is -2.32. The fraction of sp³-hybridized carbons (Fsp3) is 0.429. The van der Waals surface area contributed by atoms with Crippen molar-refractivity contribution in [2.45, 2.75) is 70.7 Å². The lowest BCUT2D eigenvalue weighted by molar-refractivity contribution is -0.120. The molecule has 0 radical (unpaired) electrons. The normalized spacial score (nSPS) is 18.9. The number of ether oxygens (including phenoxy) is 3. The number of carbonyl (C=O) groups is 2. The van der Waals surface area contributed by atoms with Gasteiger partial charge in [0.15, 0.2) is 5.78 Å². The zero-order valence-corrected chi connectivity index (χ0v) is 25.4. The highest BCUT2D eigenvalue weighted by Crippen LogP contribution is 2.34. The first-order valence-corrected chi connectivity index (χ1v) is 15.8. The highest BCUT2D eigenvalue weighted by Gasteiger charge is 2.32. The Bertz CT molecular complexity index is 1720. The molecular formula is C35H37FN4O5. The smallest absolute Gasteiger partial charge is 0.298 e. The van der Waals surface area contributed by atoms with Gasteiger partial charge in [-0.05, 0) is 88.0 Å². The largest absolute Gasteiger partial charge is 0.473 e. The Morgan fingerprint density at radius 1 is 1.07 bits per heavy atom. The van der Waals surface area contributed by atoms with Gasteiger partial charge in [0.25, 0.3) is 6.47 Å². The van der Waals surface area contributed by atoms with Gasteiger partial charge in [-0.2, -0.15) is 0 Å². The second-order valence-corrected chi connectivity index (χ2v) is 12.4. The van der Waals surface area contributed by atoms with E-state index in [1.807, 2.05) is 31.2 Å². The van der Waals surface area contributed by atoms with E-state index in [0.29, 0.717) is 41.7 Å². The molecule has 1 aliphatic carbocycles. The number of hydrogen-bond donors (Lipinski definition) is 0. The van der Waals surface area contributed by atoms with Gasteiger partial charge in [0, 0.05) is 47.4 Å². The summed E-state index contributed by atoms with van der Waals surface area (Å²) >= 11 is 0. The Balaban J connectivity index is 0.982. The van der Waals surface area contributed by atoms with E-state index in [0.717, 1.165) is 86.5 Å². The summed E-state index contributed by atoms with van der Waals surface area (Å²) in [5.41, 5.74) is 4.47. The predicted molar refractivity (Wildman–Crippen MR) is 165 cm³/mol. The number of nitrogens with zero attached hydrogens (tertiary/aromatic N) is 4. The summed E-state index contributed by atoms with van der Waals surface area (Å²) < 4.78 is 33.8. The Hall–Kier alpha value is -4.15. The molecule has 9 nitrogen and oxygen atoms in total. The number of likely N-dealkylation sites (tertiary alicyclic amines) is 1. The zero-order chi connectivity index (χ0) is 30.9. The van der Waals surface area contributed by atoms with E-state index in [4.69, 9.17) is 24.2 Å². The lowest BCUT2D eigenvalue weighted by Crippen LogP contribution is -2.35. The van der Waals surface area contributed by atoms with Crippen LogP contribution in [0.4, 0.5) is 4.39 Å². The maximum Gasteiger partial charge on any atom is 0.298 e. The molecule has 1 atom stereocenters. The molecular weight excluding hydrogens is 575 g/mol. The maximum absolute atomic E-state index is 14.9. The summed E-state index contributed by atoms with van der Waals surface area (Å²) in [5.74, 6) is 1.91. The number of benzene rings is 2. The highest BCUT2D eigenvalue weighted by molar-refractivity contribution is 6.00. The maximum atomic E-state index is 14.9. The van der Waals surface area contributed by atoms with E-state index in [2.05, 4.69) is 9.47 Å². The molecule has 1 saturated carbocycles. The summed E-state index contributed by atoms with van der Waals surface area (Å²) in [6.07, 6.45) is 4.87. The molecule has 234 valence electrons. The van der Waals surface area contributed by atoms with Crippen LogP contribution in [0.2, 0.25) is 0 Å². The van der Waals surface area contributed by atoms with Crippen molar-refractivity contribution in [3.8, 4) is 11.6 Å². The number of Topliss-reactive ketones (excluding diaryl/α,β-unsaturated/α-hetero) is 1. The van der Waals surface area contributed by atoms with Crippen LogP contribution in [0.25, 0.3) is 11.0 Å². The van der Waals surface area contributed by atoms with Crippen molar-refractivity contribution in [2.75, 3.05) is 19.7 Å². The average molecular weight is 613 g/mol. The highest BCUT2D eigenvalue weighted by atomic mass is 19.1. The first-order valence-electron chi connectivity index (χ1n) is 15.8. The molecule has 45 heavy (non-hydrogen) atoms. The molecule has 2 aromatic heterocycles. The fourth-order valence-electron chi connectivity index (χ4n) is 6.40. The molecule has 3 aliphatic rings. The number of imidazole rings is 1. The number of pyridine rings is 1. The quantitative estimate of drug-likeness (QED) is 0.147. The van der Waals surface area contributed by atoms with Gasteiger partial charge < -0.3 is 18.8 Å². The number of ketones is 1. The van der Waals surface area contributed by atoms with Crippen molar-refractivity contribution < 1.29 is 28.2 Å². The zero-order valence-electron chi connectivity index (χ0n) is 25.4. The van der Waals surface area contributed by atoms with Gasteiger partial charge in [-0.15, -0.1) is 0 Å². The summed E-state index contributed by atoms with van der Waals surface area (Å²) in [5, 5.41) is 0. The van der Waals surface area contributed by atoms with E-state index in [9.17, 15) is 14.0 Å². The summed E-state index contributed by atoms with van der Waals surface area (Å²) in [7, 11) is 0. The second-order valence-electron chi connectivity index (χ2n) is 12.4. The van der Waals surface area contributed by atoms with Crippen molar-refractivity contribution in [2.24, 2.45) is 5.92 Å². The third kappa shape index (κ3) is 6.48. The van der Waals surface area contributed by atoms with Crippen LogP contribution >= 0.6 is 0 Å². The molecule has 2 saturated heterocycles. The van der Waals surface area contributed by atoms with E-state index >= 15 is 0 Å². The SMILES string of the molecule is Cc1cc(COc2cccc(C3CCN(Cc4nc5ccc(OC=O)cc5n4C[C@@H]4CCO4)CC3)n2)c(F)cc1C(=O)C1CC1. The number of aromatic nitrogens is 3.